The van der Waals surface area contributed by atoms with Gasteiger partial charge >= 0.3 is 0 Å². The Morgan fingerprint density at radius 1 is 1.23 bits per heavy atom. The largest absolute Gasteiger partial charge is 0.504 e. The zero-order valence-corrected chi connectivity index (χ0v) is 18.2. The predicted molar refractivity (Wildman–Crippen MR) is 117 cm³/mol. The lowest BCUT2D eigenvalue weighted by Gasteiger charge is -2.22. The number of nitrogens with zero attached hydrogens (tertiary/aromatic N) is 2. The highest BCUT2D eigenvalue weighted by Crippen LogP contribution is 2.36. The summed E-state index contributed by atoms with van der Waals surface area (Å²) in [6, 6.07) is 5.48. The molecule has 2 unspecified atom stereocenters. The summed E-state index contributed by atoms with van der Waals surface area (Å²) in [6.45, 7) is 8.32. The van der Waals surface area contributed by atoms with Crippen molar-refractivity contribution in [1.82, 2.24) is 10.2 Å². The molecule has 0 spiro atoms. The maximum Gasteiger partial charge on any atom is 0.194 e. The van der Waals surface area contributed by atoms with Crippen LogP contribution in [0.15, 0.2) is 23.2 Å². The van der Waals surface area contributed by atoms with Gasteiger partial charge in [0, 0.05) is 19.6 Å². The van der Waals surface area contributed by atoms with Crippen LogP contribution in [0.25, 0.3) is 0 Å². The first kappa shape index (κ1) is 21.1. The minimum atomic E-state index is 0. The molecule has 5 nitrogen and oxygen atoms in total. The Bertz CT molecular complexity index is 595. The topological polar surface area (TPSA) is 57.1 Å². The van der Waals surface area contributed by atoms with Gasteiger partial charge in [0.15, 0.2) is 17.5 Å². The van der Waals surface area contributed by atoms with E-state index in [1.54, 1.807) is 6.07 Å². The number of hydrogen-bond donors (Lipinski definition) is 2. The molecule has 1 aromatic carbocycles. The van der Waals surface area contributed by atoms with Gasteiger partial charge in [-0.05, 0) is 56.2 Å². The molecule has 3 rings (SSSR count). The summed E-state index contributed by atoms with van der Waals surface area (Å²) < 4.78 is 5.47. The number of benzene rings is 1. The van der Waals surface area contributed by atoms with Crippen molar-refractivity contribution in [2.45, 2.75) is 46.1 Å². The van der Waals surface area contributed by atoms with Gasteiger partial charge in [0.05, 0.1) is 13.2 Å². The number of ether oxygens (including phenoxy) is 1. The van der Waals surface area contributed by atoms with E-state index in [2.05, 4.69) is 17.1 Å². The van der Waals surface area contributed by atoms with Crippen LogP contribution in [0.4, 0.5) is 0 Å². The van der Waals surface area contributed by atoms with E-state index in [1.165, 1.54) is 25.7 Å². The van der Waals surface area contributed by atoms with E-state index in [4.69, 9.17) is 9.73 Å². The number of aliphatic imine (C=N–C) groups is 1. The van der Waals surface area contributed by atoms with E-state index in [-0.39, 0.29) is 29.7 Å². The quantitative estimate of drug-likeness (QED) is 0.386. The SMILES string of the molecule is CCNC(=NCc1ccc(O)c(OCC)c1)N1CC2CCCCC2C1.I. The first-order valence-corrected chi connectivity index (χ1v) is 9.69. The van der Waals surface area contributed by atoms with Gasteiger partial charge in [0.2, 0.25) is 0 Å². The van der Waals surface area contributed by atoms with Crippen molar-refractivity contribution >= 4 is 29.9 Å². The van der Waals surface area contributed by atoms with Crippen LogP contribution in [0.3, 0.4) is 0 Å². The molecule has 1 saturated carbocycles. The van der Waals surface area contributed by atoms with Gasteiger partial charge in [0.25, 0.3) is 0 Å². The summed E-state index contributed by atoms with van der Waals surface area (Å²) in [5, 5.41) is 13.3. The Labute approximate surface area is 174 Å². The number of aromatic hydroxyl groups is 1. The summed E-state index contributed by atoms with van der Waals surface area (Å²) in [6.07, 6.45) is 5.51. The second-order valence-electron chi connectivity index (χ2n) is 7.11. The van der Waals surface area contributed by atoms with Crippen molar-refractivity contribution < 1.29 is 9.84 Å². The van der Waals surface area contributed by atoms with E-state index in [1.807, 2.05) is 19.1 Å². The fraction of sp³-hybridized carbons (Fsp3) is 0.650. The van der Waals surface area contributed by atoms with Crippen LogP contribution in [0.2, 0.25) is 0 Å². The molecule has 0 aromatic heterocycles. The summed E-state index contributed by atoms with van der Waals surface area (Å²) in [5.41, 5.74) is 1.05. The second kappa shape index (κ2) is 10.2. The molecule has 1 saturated heterocycles. The van der Waals surface area contributed by atoms with Crippen molar-refractivity contribution in [3.63, 3.8) is 0 Å². The maximum atomic E-state index is 9.84. The molecular formula is C20H32IN3O2. The summed E-state index contributed by atoms with van der Waals surface area (Å²) >= 11 is 0. The molecule has 2 atom stereocenters. The van der Waals surface area contributed by atoms with Gasteiger partial charge in [0.1, 0.15) is 0 Å². The third-order valence-electron chi connectivity index (χ3n) is 5.35. The molecule has 26 heavy (non-hydrogen) atoms. The van der Waals surface area contributed by atoms with Gasteiger partial charge < -0.3 is 20.1 Å². The fourth-order valence-corrected chi connectivity index (χ4v) is 4.10. The van der Waals surface area contributed by atoms with E-state index in [9.17, 15) is 5.11 Å². The number of phenols is 1. The number of likely N-dealkylation sites (tertiary alicyclic amines) is 1. The van der Waals surface area contributed by atoms with E-state index in [0.29, 0.717) is 18.9 Å². The van der Waals surface area contributed by atoms with Gasteiger partial charge in [-0.25, -0.2) is 4.99 Å². The Kier molecular flexibility index (Phi) is 8.31. The molecule has 2 N–H and O–H groups in total. The van der Waals surface area contributed by atoms with Crippen molar-refractivity contribution in [2.24, 2.45) is 16.8 Å². The molecule has 1 aromatic rings. The first-order valence-electron chi connectivity index (χ1n) is 9.69. The number of rotatable bonds is 5. The molecule has 1 heterocycles. The van der Waals surface area contributed by atoms with Gasteiger partial charge in [-0.1, -0.05) is 18.9 Å². The molecule has 2 fully saturated rings. The highest BCUT2D eigenvalue weighted by Gasteiger charge is 2.35. The third-order valence-corrected chi connectivity index (χ3v) is 5.35. The summed E-state index contributed by atoms with van der Waals surface area (Å²) in [5.74, 6) is 3.42. The minimum Gasteiger partial charge on any atom is -0.504 e. The molecule has 1 aliphatic heterocycles. The zero-order valence-electron chi connectivity index (χ0n) is 15.9. The minimum absolute atomic E-state index is 0. The molecule has 146 valence electrons. The monoisotopic (exact) mass is 473 g/mol. The summed E-state index contributed by atoms with van der Waals surface area (Å²) in [7, 11) is 0. The van der Waals surface area contributed by atoms with Crippen molar-refractivity contribution in [2.75, 3.05) is 26.2 Å². The summed E-state index contributed by atoms with van der Waals surface area (Å²) in [4.78, 5) is 7.29. The molecule has 6 heteroatoms. The van der Waals surface area contributed by atoms with Crippen molar-refractivity contribution in [3.8, 4) is 11.5 Å². The van der Waals surface area contributed by atoms with Gasteiger partial charge in [-0.3, -0.25) is 0 Å². The van der Waals surface area contributed by atoms with Crippen LogP contribution < -0.4 is 10.1 Å². The number of hydrogen-bond acceptors (Lipinski definition) is 3. The number of fused-ring (bicyclic) bond motifs is 1. The maximum absolute atomic E-state index is 9.84. The van der Waals surface area contributed by atoms with Crippen molar-refractivity contribution in [3.05, 3.63) is 23.8 Å². The van der Waals surface area contributed by atoms with Crippen LogP contribution in [0, 0.1) is 11.8 Å². The highest BCUT2D eigenvalue weighted by molar-refractivity contribution is 14.0. The Morgan fingerprint density at radius 2 is 1.92 bits per heavy atom. The van der Waals surface area contributed by atoms with Crippen molar-refractivity contribution in [1.29, 1.82) is 0 Å². The van der Waals surface area contributed by atoms with Crippen LogP contribution in [-0.4, -0.2) is 42.2 Å². The van der Waals surface area contributed by atoms with Crippen LogP contribution >= 0.6 is 24.0 Å². The highest BCUT2D eigenvalue weighted by atomic mass is 127. The Morgan fingerprint density at radius 3 is 2.54 bits per heavy atom. The Balaban J connectivity index is 0.00000243. The number of nitrogens with one attached hydrogen (secondary N) is 1. The van der Waals surface area contributed by atoms with Gasteiger partial charge in [-0.2, -0.15) is 0 Å². The lowest BCUT2D eigenvalue weighted by molar-refractivity contribution is 0.299. The smallest absolute Gasteiger partial charge is 0.194 e. The molecule has 2 aliphatic rings. The average Bonchev–Trinajstić information content (AvgIpc) is 3.05. The normalized spacial score (nSPS) is 22.5. The number of halogens is 1. The number of phenolic OH excluding ortho intramolecular Hbond substituents is 1. The lowest BCUT2D eigenvalue weighted by Crippen LogP contribution is -2.40. The first-order chi connectivity index (χ1) is 12.2. The fourth-order valence-electron chi connectivity index (χ4n) is 4.10. The molecule has 1 aliphatic carbocycles. The third kappa shape index (κ3) is 5.18. The zero-order chi connectivity index (χ0) is 17.6. The van der Waals surface area contributed by atoms with Gasteiger partial charge in [-0.15, -0.1) is 24.0 Å². The molecule has 0 amide bonds. The second-order valence-corrected chi connectivity index (χ2v) is 7.11. The molecular weight excluding hydrogens is 441 g/mol. The van der Waals surface area contributed by atoms with Crippen LogP contribution in [0.5, 0.6) is 11.5 Å². The van der Waals surface area contributed by atoms with E-state index < -0.39 is 0 Å². The number of guanidine groups is 1. The van der Waals surface area contributed by atoms with Crippen LogP contribution in [0.1, 0.15) is 45.1 Å². The van der Waals surface area contributed by atoms with E-state index >= 15 is 0 Å². The lowest BCUT2D eigenvalue weighted by atomic mass is 9.82. The Hall–Kier alpha value is -1.18. The van der Waals surface area contributed by atoms with E-state index in [0.717, 1.165) is 43.0 Å². The molecule has 0 radical (unpaired) electrons. The molecule has 0 bridgehead atoms. The standard InChI is InChI=1S/C20H31N3O2.HI/c1-3-21-20(23-13-16-7-5-6-8-17(16)14-23)22-12-15-9-10-18(24)19(11-15)25-4-2;/h9-11,16-17,24H,3-8,12-14H2,1-2H3,(H,21,22);1H. The predicted octanol–water partition coefficient (Wildman–Crippen LogP) is 4.00. The average molecular weight is 473 g/mol. The van der Waals surface area contributed by atoms with Crippen LogP contribution in [-0.2, 0) is 6.54 Å².